The van der Waals surface area contributed by atoms with Gasteiger partial charge in [-0.15, -0.1) is 0 Å². The highest BCUT2D eigenvalue weighted by molar-refractivity contribution is 7.80. The maximum atomic E-state index is 12.9. The summed E-state index contributed by atoms with van der Waals surface area (Å²) < 4.78 is 5.81. The summed E-state index contributed by atoms with van der Waals surface area (Å²) in [4.78, 5) is 14.6. The maximum absolute atomic E-state index is 12.9. The molecule has 1 aliphatic heterocycles. The van der Waals surface area contributed by atoms with Crippen LogP contribution in [0.3, 0.4) is 0 Å². The van der Waals surface area contributed by atoms with Gasteiger partial charge in [-0.1, -0.05) is 55.1 Å². The minimum Gasteiger partial charge on any atom is -0.487 e. The van der Waals surface area contributed by atoms with Gasteiger partial charge >= 0.3 is 0 Å². The molecule has 7 heteroatoms. The van der Waals surface area contributed by atoms with Crippen molar-refractivity contribution in [3.8, 4) is 11.8 Å². The molecule has 0 aromatic heterocycles. The molecule has 1 saturated carbocycles. The van der Waals surface area contributed by atoms with E-state index in [2.05, 4.69) is 11.4 Å². The van der Waals surface area contributed by atoms with E-state index in [0.717, 1.165) is 36.8 Å². The molecule has 31 heavy (non-hydrogen) atoms. The zero-order valence-electron chi connectivity index (χ0n) is 16.9. The van der Waals surface area contributed by atoms with Gasteiger partial charge in [0.15, 0.2) is 5.11 Å². The predicted molar refractivity (Wildman–Crippen MR) is 124 cm³/mol. The number of halogens is 1. The Kier molecular flexibility index (Phi) is 6.55. The van der Waals surface area contributed by atoms with E-state index < -0.39 is 0 Å². The second-order valence-corrected chi connectivity index (χ2v) is 8.50. The highest BCUT2D eigenvalue weighted by Crippen LogP contribution is 2.30. The number of rotatable bonds is 5. The lowest BCUT2D eigenvalue weighted by atomic mass is 9.94. The van der Waals surface area contributed by atoms with Crippen LogP contribution in [0.1, 0.15) is 48.8 Å². The molecule has 0 spiro atoms. The number of carbonyl (C=O) groups excluding carboxylic acids is 1. The van der Waals surface area contributed by atoms with Gasteiger partial charge in [0.1, 0.15) is 18.1 Å². The van der Waals surface area contributed by atoms with Crippen molar-refractivity contribution in [2.75, 3.05) is 0 Å². The maximum Gasteiger partial charge on any atom is 0.276 e. The van der Waals surface area contributed by atoms with Gasteiger partial charge in [-0.3, -0.25) is 9.69 Å². The first kappa shape index (κ1) is 21.4. The van der Waals surface area contributed by atoms with Gasteiger partial charge in [0.2, 0.25) is 0 Å². The molecule has 1 saturated heterocycles. The lowest BCUT2D eigenvalue weighted by Gasteiger charge is -2.29. The quantitative estimate of drug-likeness (QED) is 0.501. The Bertz CT molecular complexity index is 1090. The molecule has 2 aromatic carbocycles. The molecule has 0 bridgehead atoms. The molecule has 2 aliphatic rings. The topological polar surface area (TPSA) is 65.4 Å². The average molecular weight is 452 g/mol. The van der Waals surface area contributed by atoms with Crippen molar-refractivity contribution < 1.29 is 9.53 Å². The SMILES string of the molecule is N#Cc1ccccc1COc1ccc(/C=C2\NC(=S)N(C3CCCCC3)C2=O)cc1Cl. The van der Waals surface area contributed by atoms with Crippen LogP contribution >= 0.6 is 23.8 Å². The molecule has 0 atom stereocenters. The first-order valence-corrected chi connectivity index (χ1v) is 11.1. The molecule has 1 amide bonds. The minimum atomic E-state index is -0.0820. The highest BCUT2D eigenvalue weighted by atomic mass is 35.5. The van der Waals surface area contributed by atoms with Gasteiger partial charge in [0, 0.05) is 11.6 Å². The minimum absolute atomic E-state index is 0.0820. The first-order valence-electron chi connectivity index (χ1n) is 10.3. The fraction of sp³-hybridized carbons (Fsp3) is 0.292. The number of thiocarbonyl (C=S) groups is 1. The molecular weight excluding hydrogens is 430 g/mol. The van der Waals surface area contributed by atoms with E-state index in [4.69, 9.17) is 28.6 Å². The van der Waals surface area contributed by atoms with Gasteiger partial charge < -0.3 is 10.1 Å². The summed E-state index contributed by atoms with van der Waals surface area (Å²) in [5.41, 5.74) is 2.61. The third-order valence-corrected chi connectivity index (χ3v) is 6.23. The number of nitriles is 1. The molecular formula is C24H22ClN3O2S. The zero-order valence-corrected chi connectivity index (χ0v) is 18.5. The smallest absolute Gasteiger partial charge is 0.276 e. The van der Waals surface area contributed by atoms with E-state index in [-0.39, 0.29) is 18.6 Å². The number of nitrogens with one attached hydrogen (secondary N) is 1. The Morgan fingerprint density at radius 3 is 2.74 bits per heavy atom. The summed E-state index contributed by atoms with van der Waals surface area (Å²) in [6.07, 6.45) is 7.23. The van der Waals surface area contributed by atoms with E-state index in [1.54, 1.807) is 29.2 Å². The van der Waals surface area contributed by atoms with Crippen LogP contribution < -0.4 is 10.1 Å². The van der Waals surface area contributed by atoms with Crippen molar-refractivity contribution in [2.24, 2.45) is 0 Å². The second-order valence-electron chi connectivity index (χ2n) is 7.70. The van der Waals surface area contributed by atoms with E-state index in [1.807, 2.05) is 24.3 Å². The van der Waals surface area contributed by atoms with Crippen LogP contribution in [0.25, 0.3) is 6.08 Å². The number of hydrogen-bond acceptors (Lipinski definition) is 4. The monoisotopic (exact) mass is 451 g/mol. The molecule has 2 fully saturated rings. The van der Waals surface area contributed by atoms with E-state index in [9.17, 15) is 10.1 Å². The molecule has 0 radical (unpaired) electrons. The van der Waals surface area contributed by atoms with Crippen LogP contribution in [-0.4, -0.2) is 22.0 Å². The summed E-state index contributed by atoms with van der Waals surface area (Å²) in [7, 11) is 0. The summed E-state index contributed by atoms with van der Waals surface area (Å²) >= 11 is 11.8. The molecule has 1 N–H and O–H groups in total. The van der Waals surface area contributed by atoms with E-state index >= 15 is 0 Å². The molecule has 158 valence electrons. The van der Waals surface area contributed by atoms with Crippen LogP contribution in [0, 0.1) is 11.3 Å². The summed E-state index contributed by atoms with van der Waals surface area (Å²) in [5.74, 6) is 0.433. The van der Waals surface area contributed by atoms with Crippen LogP contribution in [0.5, 0.6) is 5.75 Å². The van der Waals surface area contributed by atoms with Crippen molar-refractivity contribution >= 4 is 40.9 Å². The molecule has 1 aliphatic carbocycles. The van der Waals surface area contributed by atoms with Gasteiger partial charge in [-0.05, 0) is 54.9 Å². The van der Waals surface area contributed by atoms with Crippen LogP contribution in [0.2, 0.25) is 5.02 Å². The number of hydrogen-bond donors (Lipinski definition) is 1. The average Bonchev–Trinajstić information content (AvgIpc) is 3.06. The Balaban J connectivity index is 1.46. The first-order chi connectivity index (χ1) is 15.1. The summed E-state index contributed by atoms with van der Waals surface area (Å²) in [6, 6.07) is 15.0. The third kappa shape index (κ3) is 4.73. The molecule has 1 heterocycles. The Hall–Kier alpha value is -2.88. The van der Waals surface area contributed by atoms with Gasteiger partial charge in [0.25, 0.3) is 5.91 Å². The van der Waals surface area contributed by atoms with Gasteiger partial charge in [-0.25, -0.2) is 0 Å². The normalized spacial score (nSPS) is 18.2. The lowest BCUT2D eigenvalue weighted by molar-refractivity contribution is -0.124. The number of nitrogens with zero attached hydrogens (tertiary/aromatic N) is 2. The largest absolute Gasteiger partial charge is 0.487 e. The zero-order chi connectivity index (χ0) is 21.8. The van der Waals surface area contributed by atoms with Crippen LogP contribution in [-0.2, 0) is 11.4 Å². The Morgan fingerprint density at radius 1 is 1.23 bits per heavy atom. The summed E-state index contributed by atoms with van der Waals surface area (Å²) in [6.45, 7) is 0.245. The second kappa shape index (κ2) is 9.51. The molecule has 2 aromatic rings. The molecule has 4 rings (SSSR count). The Morgan fingerprint density at radius 2 is 2.00 bits per heavy atom. The van der Waals surface area contributed by atoms with Gasteiger partial charge in [0.05, 0.1) is 16.7 Å². The Labute approximate surface area is 192 Å². The summed E-state index contributed by atoms with van der Waals surface area (Å²) in [5, 5.41) is 13.2. The van der Waals surface area contributed by atoms with Crippen LogP contribution in [0.4, 0.5) is 0 Å². The van der Waals surface area contributed by atoms with Crippen LogP contribution in [0.15, 0.2) is 48.2 Å². The standard InChI is InChI=1S/C24H22ClN3O2S/c25-20-12-16(10-11-22(20)30-15-18-7-5-4-6-17(18)14-26)13-21-23(29)28(24(31)27-21)19-8-2-1-3-9-19/h4-7,10-13,19H,1-3,8-9,15H2,(H,27,31)/b21-13-. The van der Waals surface area contributed by atoms with Crippen molar-refractivity contribution in [3.05, 3.63) is 69.9 Å². The number of ether oxygens (including phenoxy) is 1. The van der Waals surface area contributed by atoms with Crippen molar-refractivity contribution in [1.82, 2.24) is 10.2 Å². The predicted octanol–water partition coefficient (Wildman–Crippen LogP) is 5.18. The number of carbonyl (C=O) groups is 1. The highest BCUT2D eigenvalue weighted by Gasteiger charge is 2.36. The van der Waals surface area contributed by atoms with Crippen molar-refractivity contribution in [2.45, 2.75) is 44.8 Å². The fourth-order valence-corrected chi connectivity index (χ4v) is 4.61. The van der Waals surface area contributed by atoms with E-state index in [0.29, 0.717) is 27.1 Å². The van der Waals surface area contributed by atoms with Crippen molar-refractivity contribution in [3.63, 3.8) is 0 Å². The van der Waals surface area contributed by atoms with E-state index in [1.165, 1.54) is 6.42 Å². The fourth-order valence-electron chi connectivity index (χ4n) is 4.02. The third-order valence-electron chi connectivity index (χ3n) is 5.64. The molecule has 5 nitrogen and oxygen atoms in total. The number of amides is 1. The number of benzene rings is 2. The van der Waals surface area contributed by atoms with Crippen molar-refractivity contribution in [1.29, 1.82) is 5.26 Å². The lowest BCUT2D eigenvalue weighted by Crippen LogP contribution is -2.41. The van der Waals surface area contributed by atoms with Gasteiger partial charge in [-0.2, -0.15) is 5.26 Å². The molecule has 0 unspecified atom stereocenters.